The van der Waals surface area contributed by atoms with Crippen molar-refractivity contribution in [3.63, 3.8) is 0 Å². The summed E-state index contributed by atoms with van der Waals surface area (Å²) in [5.41, 5.74) is -0.510. The summed E-state index contributed by atoms with van der Waals surface area (Å²) in [7, 11) is 0. The van der Waals surface area contributed by atoms with Crippen LogP contribution in [0.2, 0.25) is 0 Å². The Balaban J connectivity index is 1.67. The first-order chi connectivity index (χ1) is 18.8. The molecule has 2 amide bonds. The summed E-state index contributed by atoms with van der Waals surface area (Å²) in [5, 5.41) is 2.45. The molecular formula is C27H29F4N3O6. The Labute approximate surface area is 227 Å². The molecule has 0 radical (unpaired) electrons. The quantitative estimate of drug-likeness (QED) is 0.281. The molecule has 2 heterocycles. The molecule has 0 saturated carbocycles. The number of carbonyl (C=O) groups is 4. The van der Waals surface area contributed by atoms with Crippen molar-refractivity contribution in [2.75, 3.05) is 19.7 Å². The van der Waals surface area contributed by atoms with Gasteiger partial charge in [-0.05, 0) is 45.7 Å². The van der Waals surface area contributed by atoms with Crippen LogP contribution >= 0.6 is 0 Å². The van der Waals surface area contributed by atoms with E-state index < -0.39 is 77.3 Å². The summed E-state index contributed by atoms with van der Waals surface area (Å²) in [6, 6.07) is 1.72. The fourth-order valence-corrected chi connectivity index (χ4v) is 4.02. The fraction of sp³-hybridized carbons (Fsp3) is 0.444. The number of esters is 1. The number of halogens is 4. The zero-order valence-corrected chi connectivity index (χ0v) is 22.1. The molecule has 1 saturated heterocycles. The zero-order chi connectivity index (χ0) is 29.6. The molecule has 0 aliphatic carbocycles. The Hall–Kier alpha value is -4.03. The highest BCUT2D eigenvalue weighted by molar-refractivity contribution is 5.95. The number of benzene rings is 1. The molecule has 1 atom stereocenters. The Morgan fingerprint density at radius 2 is 1.70 bits per heavy atom. The maximum Gasteiger partial charge on any atom is 0.308 e. The van der Waals surface area contributed by atoms with Gasteiger partial charge in [-0.3, -0.25) is 24.2 Å². The van der Waals surface area contributed by atoms with Crippen LogP contribution in [0.1, 0.15) is 50.4 Å². The molecule has 0 unspecified atom stereocenters. The predicted octanol–water partition coefficient (Wildman–Crippen LogP) is 3.35. The number of likely N-dealkylation sites (tertiary alicyclic amines) is 1. The second-order valence-corrected chi connectivity index (χ2v) is 10.2. The van der Waals surface area contributed by atoms with Crippen LogP contribution in [0, 0.1) is 29.2 Å². The first-order valence-corrected chi connectivity index (χ1v) is 12.5. The van der Waals surface area contributed by atoms with Crippen LogP contribution in [0.3, 0.4) is 0 Å². The molecule has 1 N–H and O–H groups in total. The number of hydrogen-bond acceptors (Lipinski definition) is 7. The molecule has 3 rings (SSSR count). The number of amides is 2. The number of carbonyl (C=O) groups excluding carboxylic acids is 4. The lowest BCUT2D eigenvalue weighted by Crippen LogP contribution is -2.49. The smallest absolute Gasteiger partial charge is 0.308 e. The highest BCUT2D eigenvalue weighted by Gasteiger charge is 2.33. The molecule has 1 fully saturated rings. The molecule has 0 spiro atoms. The number of aromatic nitrogens is 1. The van der Waals surface area contributed by atoms with Crippen molar-refractivity contribution < 1.29 is 46.2 Å². The van der Waals surface area contributed by atoms with Gasteiger partial charge in [-0.1, -0.05) is 0 Å². The third-order valence-corrected chi connectivity index (χ3v) is 5.99. The SMILES string of the molecule is CC(C)(C)OC(=O)C[C@H](NC(=O)C1CCN(C(=O)c2cccnc2)CC1)C(=O)COc1c(F)c(F)cc(F)c1F. The van der Waals surface area contributed by atoms with Gasteiger partial charge in [0.25, 0.3) is 5.91 Å². The first kappa shape index (κ1) is 30.5. The summed E-state index contributed by atoms with van der Waals surface area (Å²) < 4.78 is 64.8. The summed E-state index contributed by atoms with van der Waals surface area (Å²) >= 11 is 0. The van der Waals surface area contributed by atoms with Crippen molar-refractivity contribution in [2.45, 2.75) is 51.7 Å². The van der Waals surface area contributed by atoms with Gasteiger partial charge < -0.3 is 19.7 Å². The Morgan fingerprint density at radius 1 is 1.07 bits per heavy atom. The van der Waals surface area contributed by atoms with Gasteiger partial charge in [0.15, 0.2) is 23.2 Å². The lowest BCUT2D eigenvalue weighted by molar-refractivity contribution is -0.156. The van der Waals surface area contributed by atoms with Crippen LogP contribution in [0.15, 0.2) is 30.6 Å². The summed E-state index contributed by atoms with van der Waals surface area (Å²) in [5.74, 6) is -11.9. The molecule has 2 aromatic rings. The lowest BCUT2D eigenvalue weighted by atomic mass is 9.94. The molecule has 1 aliphatic heterocycles. The van der Waals surface area contributed by atoms with Crippen molar-refractivity contribution >= 4 is 23.6 Å². The monoisotopic (exact) mass is 567 g/mol. The van der Waals surface area contributed by atoms with Crippen LogP contribution in [0.4, 0.5) is 17.6 Å². The average molecular weight is 568 g/mol. The average Bonchev–Trinajstić information content (AvgIpc) is 2.90. The molecular weight excluding hydrogens is 538 g/mol. The fourth-order valence-electron chi connectivity index (χ4n) is 4.02. The molecule has 0 bridgehead atoms. The van der Waals surface area contributed by atoms with E-state index in [4.69, 9.17) is 9.47 Å². The number of piperidine rings is 1. The normalized spacial score (nSPS) is 14.8. The van der Waals surface area contributed by atoms with Gasteiger partial charge in [0.05, 0.1) is 12.0 Å². The third-order valence-electron chi connectivity index (χ3n) is 5.99. The van der Waals surface area contributed by atoms with Crippen LogP contribution in [-0.4, -0.2) is 64.8 Å². The number of rotatable bonds is 9. The minimum absolute atomic E-state index is 0.0134. The van der Waals surface area contributed by atoms with Crippen molar-refractivity contribution in [3.05, 3.63) is 59.4 Å². The standard InChI is InChI=1S/C27H29F4N3O6/c1-27(2,3)40-21(36)12-19(20(35)14-39-24-22(30)17(28)11-18(29)23(24)31)33-25(37)15-6-9-34(10-7-15)26(38)16-5-4-8-32-13-16/h4-5,8,11,13,15,19H,6-7,9-10,12,14H2,1-3H3,(H,33,37)/t19-/m0/s1. The van der Waals surface area contributed by atoms with Gasteiger partial charge in [0, 0.05) is 37.5 Å². The van der Waals surface area contributed by atoms with Crippen molar-refractivity contribution in [1.29, 1.82) is 0 Å². The van der Waals surface area contributed by atoms with E-state index in [1.807, 2.05) is 0 Å². The van der Waals surface area contributed by atoms with Crippen molar-refractivity contribution in [1.82, 2.24) is 15.2 Å². The van der Waals surface area contributed by atoms with E-state index in [1.54, 1.807) is 37.8 Å². The summed E-state index contributed by atoms with van der Waals surface area (Å²) in [4.78, 5) is 56.4. The number of nitrogens with one attached hydrogen (secondary N) is 1. The maximum atomic E-state index is 13.9. The van der Waals surface area contributed by atoms with E-state index in [0.29, 0.717) is 5.56 Å². The van der Waals surface area contributed by atoms with Crippen LogP contribution in [0.5, 0.6) is 5.75 Å². The molecule has 1 aromatic carbocycles. The van der Waals surface area contributed by atoms with Crippen LogP contribution < -0.4 is 10.1 Å². The van der Waals surface area contributed by atoms with E-state index in [0.717, 1.165) is 0 Å². The van der Waals surface area contributed by atoms with Crippen molar-refractivity contribution in [3.8, 4) is 5.75 Å². The zero-order valence-electron chi connectivity index (χ0n) is 22.1. The van der Waals surface area contributed by atoms with E-state index in [2.05, 4.69) is 10.3 Å². The van der Waals surface area contributed by atoms with Gasteiger partial charge in [-0.25, -0.2) is 8.78 Å². The molecule has 40 heavy (non-hydrogen) atoms. The Morgan fingerprint density at radius 3 is 2.25 bits per heavy atom. The number of nitrogens with zero attached hydrogens (tertiary/aromatic N) is 2. The number of ether oxygens (including phenoxy) is 2. The lowest BCUT2D eigenvalue weighted by Gasteiger charge is -2.32. The molecule has 9 nitrogen and oxygen atoms in total. The third kappa shape index (κ3) is 7.99. The van der Waals surface area contributed by atoms with E-state index in [1.165, 1.54) is 12.4 Å². The highest BCUT2D eigenvalue weighted by Crippen LogP contribution is 2.26. The van der Waals surface area contributed by atoms with Crippen LogP contribution in [0.25, 0.3) is 0 Å². The van der Waals surface area contributed by atoms with Gasteiger partial charge >= 0.3 is 5.97 Å². The highest BCUT2D eigenvalue weighted by atomic mass is 19.2. The predicted molar refractivity (Wildman–Crippen MR) is 132 cm³/mol. The number of hydrogen-bond donors (Lipinski definition) is 1. The Kier molecular flexibility index (Phi) is 9.83. The summed E-state index contributed by atoms with van der Waals surface area (Å²) in [6.07, 6.45) is 2.87. The molecule has 216 valence electrons. The summed E-state index contributed by atoms with van der Waals surface area (Å²) in [6.45, 7) is 4.17. The topological polar surface area (TPSA) is 115 Å². The van der Waals surface area contributed by atoms with Crippen molar-refractivity contribution in [2.24, 2.45) is 5.92 Å². The van der Waals surface area contributed by atoms with Gasteiger partial charge in [0.2, 0.25) is 17.5 Å². The van der Waals surface area contributed by atoms with Gasteiger partial charge in [-0.2, -0.15) is 8.78 Å². The largest absolute Gasteiger partial charge is 0.479 e. The van der Waals surface area contributed by atoms with Gasteiger partial charge in [0.1, 0.15) is 18.2 Å². The number of ketones is 1. The Bertz CT molecular complexity index is 1230. The van der Waals surface area contributed by atoms with Crippen LogP contribution in [-0.2, 0) is 19.1 Å². The minimum Gasteiger partial charge on any atom is -0.479 e. The number of pyridine rings is 1. The van der Waals surface area contributed by atoms with E-state index in [-0.39, 0.29) is 37.9 Å². The first-order valence-electron chi connectivity index (χ1n) is 12.5. The van der Waals surface area contributed by atoms with E-state index >= 15 is 0 Å². The molecule has 13 heteroatoms. The molecule has 1 aliphatic rings. The number of Topliss-reactive ketones (excluding diaryl/α,β-unsaturated/α-hetero) is 1. The second kappa shape index (κ2) is 12.9. The van der Waals surface area contributed by atoms with E-state index in [9.17, 15) is 36.7 Å². The minimum atomic E-state index is -1.84. The van der Waals surface area contributed by atoms with Gasteiger partial charge in [-0.15, -0.1) is 0 Å². The second-order valence-electron chi connectivity index (χ2n) is 10.2. The molecule has 1 aromatic heterocycles. The maximum absolute atomic E-state index is 13.9.